The molecule has 0 spiro atoms. The van der Waals surface area contributed by atoms with E-state index >= 15 is 0 Å². The summed E-state index contributed by atoms with van der Waals surface area (Å²) in [5.41, 5.74) is 10.4. The maximum Gasteiger partial charge on any atom is 0.121 e. The van der Waals surface area contributed by atoms with E-state index in [0.717, 1.165) is 78.1 Å². The lowest BCUT2D eigenvalue weighted by Gasteiger charge is -2.23. The fourth-order valence-electron chi connectivity index (χ4n) is 4.10. The normalized spacial score (nSPS) is 17.5. The average Bonchev–Trinajstić information content (AvgIpc) is 3.51. The van der Waals surface area contributed by atoms with E-state index in [1.54, 1.807) is 0 Å². The summed E-state index contributed by atoms with van der Waals surface area (Å²) in [5, 5.41) is 10.9. The molecular weight excluding hydrogens is 350 g/mol. The molecule has 2 N–H and O–H groups in total. The van der Waals surface area contributed by atoms with Gasteiger partial charge in [0.2, 0.25) is 0 Å². The van der Waals surface area contributed by atoms with Gasteiger partial charge in [0.25, 0.3) is 0 Å². The maximum atomic E-state index is 9.95. The molecule has 0 atom stereocenters. The van der Waals surface area contributed by atoms with Crippen molar-refractivity contribution >= 4 is 16.6 Å². The Bertz CT molecular complexity index is 1050. The highest BCUT2D eigenvalue weighted by Gasteiger charge is 2.31. The smallest absolute Gasteiger partial charge is 0.121 e. The van der Waals surface area contributed by atoms with Gasteiger partial charge < -0.3 is 19.8 Å². The molecule has 2 heterocycles. The van der Waals surface area contributed by atoms with Gasteiger partial charge in [0, 0.05) is 36.0 Å². The highest BCUT2D eigenvalue weighted by atomic mass is 16.5. The van der Waals surface area contributed by atoms with Crippen LogP contribution in [0.4, 0.5) is 5.69 Å². The SMILES string of the molecule is N#Cc1c(-c2ccc(N)cc2)n(C2CC2)c2cc(OC3CCOCC3)ccc12. The molecule has 5 heteroatoms. The molecule has 1 aliphatic carbocycles. The van der Waals surface area contributed by atoms with E-state index < -0.39 is 0 Å². The topological polar surface area (TPSA) is 73.2 Å². The van der Waals surface area contributed by atoms with Crippen LogP contribution in [0.2, 0.25) is 0 Å². The third-order valence-electron chi connectivity index (χ3n) is 5.65. The number of ether oxygens (including phenoxy) is 2. The molecule has 2 fully saturated rings. The van der Waals surface area contributed by atoms with Gasteiger partial charge in [-0.25, -0.2) is 0 Å². The molecule has 1 aliphatic heterocycles. The first-order valence-electron chi connectivity index (χ1n) is 9.93. The number of nitriles is 1. The molecule has 0 unspecified atom stereocenters. The number of nitrogens with two attached hydrogens (primary N) is 1. The van der Waals surface area contributed by atoms with Crippen LogP contribution in [0.15, 0.2) is 42.5 Å². The summed E-state index contributed by atoms with van der Waals surface area (Å²) in [5.74, 6) is 0.868. The number of benzene rings is 2. The maximum absolute atomic E-state index is 9.95. The van der Waals surface area contributed by atoms with Gasteiger partial charge in [0.15, 0.2) is 0 Å². The molecule has 0 bridgehead atoms. The number of hydrogen-bond donors (Lipinski definition) is 1. The number of rotatable bonds is 4. The van der Waals surface area contributed by atoms with Crippen molar-refractivity contribution < 1.29 is 9.47 Å². The highest BCUT2D eigenvalue weighted by molar-refractivity contribution is 5.95. The van der Waals surface area contributed by atoms with Crippen molar-refractivity contribution in [1.82, 2.24) is 4.57 Å². The fraction of sp³-hybridized carbons (Fsp3) is 0.348. The summed E-state index contributed by atoms with van der Waals surface area (Å²) in [7, 11) is 0. The Morgan fingerprint density at radius 3 is 2.46 bits per heavy atom. The lowest BCUT2D eigenvalue weighted by molar-refractivity contribution is 0.0256. The van der Waals surface area contributed by atoms with E-state index in [-0.39, 0.29) is 6.10 Å². The Morgan fingerprint density at radius 2 is 1.79 bits per heavy atom. The van der Waals surface area contributed by atoms with Gasteiger partial charge in [-0.05, 0) is 42.7 Å². The Labute approximate surface area is 164 Å². The van der Waals surface area contributed by atoms with Gasteiger partial charge in [-0.15, -0.1) is 0 Å². The van der Waals surface area contributed by atoms with Crippen molar-refractivity contribution in [2.45, 2.75) is 37.8 Å². The van der Waals surface area contributed by atoms with Gasteiger partial charge in [-0.2, -0.15) is 5.26 Å². The quantitative estimate of drug-likeness (QED) is 0.675. The molecule has 1 aromatic heterocycles. The molecule has 1 saturated carbocycles. The Kier molecular flexibility index (Phi) is 4.22. The number of aromatic nitrogens is 1. The monoisotopic (exact) mass is 373 g/mol. The van der Waals surface area contributed by atoms with E-state index in [2.05, 4.69) is 16.7 Å². The van der Waals surface area contributed by atoms with Crippen molar-refractivity contribution in [2.24, 2.45) is 0 Å². The predicted molar refractivity (Wildman–Crippen MR) is 109 cm³/mol. The molecule has 28 heavy (non-hydrogen) atoms. The lowest BCUT2D eigenvalue weighted by Crippen LogP contribution is -2.25. The molecule has 0 radical (unpaired) electrons. The van der Waals surface area contributed by atoms with Crippen LogP contribution in [0, 0.1) is 11.3 Å². The zero-order chi connectivity index (χ0) is 19.1. The van der Waals surface area contributed by atoms with Gasteiger partial charge in [-0.1, -0.05) is 12.1 Å². The van der Waals surface area contributed by atoms with Crippen LogP contribution < -0.4 is 10.5 Å². The van der Waals surface area contributed by atoms with Crippen LogP contribution in [0.5, 0.6) is 5.75 Å². The van der Waals surface area contributed by atoms with Crippen molar-refractivity contribution in [2.75, 3.05) is 18.9 Å². The summed E-state index contributed by atoms with van der Waals surface area (Å²) in [6, 6.07) is 16.8. The molecule has 2 aliphatic rings. The van der Waals surface area contributed by atoms with Crippen LogP contribution in [-0.2, 0) is 4.74 Å². The second-order valence-electron chi connectivity index (χ2n) is 7.67. The van der Waals surface area contributed by atoms with Crippen LogP contribution in [0.3, 0.4) is 0 Å². The Hall–Kier alpha value is -2.97. The zero-order valence-electron chi connectivity index (χ0n) is 15.7. The van der Waals surface area contributed by atoms with E-state index in [9.17, 15) is 5.26 Å². The molecule has 142 valence electrons. The summed E-state index contributed by atoms with van der Waals surface area (Å²) in [6.45, 7) is 1.51. The van der Waals surface area contributed by atoms with Crippen molar-refractivity contribution in [3.63, 3.8) is 0 Å². The van der Waals surface area contributed by atoms with E-state index in [0.29, 0.717) is 6.04 Å². The predicted octanol–water partition coefficient (Wildman–Crippen LogP) is 4.65. The number of hydrogen-bond acceptors (Lipinski definition) is 4. The minimum Gasteiger partial charge on any atom is -0.490 e. The van der Waals surface area contributed by atoms with E-state index in [1.807, 2.05) is 36.4 Å². The first kappa shape index (κ1) is 17.2. The molecular formula is C23H23N3O2. The van der Waals surface area contributed by atoms with Crippen molar-refractivity contribution in [3.05, 3.63) is 48.0 Å². The summed E-state index contributed by atoms with van der Waals surface area (Å²) >= 11 is 0. The van der Waals surface area contributed by atoms with Crippen LogP contribution in [0.25, 0.3) is 22.2 Å². The Morgan fingerprint density at radius 1 is 1.04 bits per heavy atom. The van der Waals surface area contributed by atoms with E-state index in [1.165, 1.54) is 0 Å². The molecule has 2 aromatic carbocycles. The first-order valence-corrected chi connectivity index (χ1v) is 9.93. The third-order valence-corrected chi connectivity index (χ3v) is 5.65. The first-order chi connectivity index (χ1) is 13.7. The standard InChI is InChI=1S/C23H23N3O2/c24-14-21-20-8-7-19(28-18-9-11-27-12-10-18)13-22(20)26(17-5-6-17)23(21)15-1-3-16(25)4-2-15/h1-4,7-8,13,17-18H,5-6,9-12,25H2. The summed E-state index contributed by atoms with van der Waals surface area (Å²) < 4.78 is 14.0. The number of nitrogens with zero attached hydrogens (tertiary/aromatic N) is 2. The highest BCUT2D eigenvalue weighted by Crippen LogP contribution is 2.45. The zero-order valence-corrected chi connectivity index (χ0v) is 15.7. The molecule has 1 saturated heterocycles. The number of nitrogen functional groups attached to an aromatic ring is 1. The van der Waals surface area contributed by atoms with E-state index in [4.69, 9.17) is 15.2 Å². The van der Waals surface area contributed by atoms with Gasteiger partial charge in [-0.3, -0.25) is 0 Å². The molecule has 3 aromatic rings. The average molecular weight is 373 g/mol. The van der Waals surface area contributed by atoms with Crippen molar-refractivity contribution in [3.8, 4) is 23.1 Å². The molecule has 0 amide bonds. The van der Waals surface area contributed by atoms with Crippen molar-refractivity contribution in [1.29, 1.82) is 5.26 Å². The van der Waals surface area contributed by atoms with Gasteiger partial charge in [0.05, 0.1) is 30.0 Å². The molecule has 5 nitrogen and oxygen atoms in total. The summed E-state index contributed by atoms with van der Waals surface area (Å²) in [4.78, 5) is 0. The fourth-order valence-corrected chi connectivity index (χ4v) is 4.10. The minimum atomic E-state index is 0.197. The largest absolute Gasteiger partial charge is 0.490 e. The number of anilines is 1. The third kappa shape index (κ3) is 3.00. The minimum absolute atomic E-state index is 0.197. The van der Waals surface area contributed by atoms with Gasteiger partial charge >= 0.3 is 0 Å². The molecule has 5 rings (SSSR count). The van der Waals surface area contributed by atoms with Crippen LogP contribution in [0.1, 0.15) is 37.3 Å². The lowest BCUT2D eigenvalue weighted by atomic mass is 10.1. The van der Waals surface area contributed by atoms with Gasteiger partial charge in [0.1, 0.15) is 17.9 Å². The second-order valence-corrected chi connectivity index (χ2v) is 7.67. The second kappa shape index (κ2) is 6.88. The van der Waals surface area contributed by atoms with Crippen LogP contribution >= 0.6 is 0 Å². The number of fused-ring (bicyclic) bond motifs is 1. The summed E-state index contributed by atoms with van der Waals surface area (Å²) in [6.07, 6.45) is 4.31. The van der Waals surface area contributed by atoms with Crippen LogP contribution in [-0.4, -0.2) is 23.9 Å². The Balaban J connectivity index is 1.63.